The maximum Gasteiger partial charge on any atom is 0.225 e. The van der Waals surface area contributed by atoms with Gasteiger partial charge in [0, 0.05) is 49.9 Å². The molecule has 0 aromatic heterocycles. The van der Waals surface area contributed by atoms with Crippen LogP contribution in [0.25, 0.3) is 0 Å². The maximum atomic E-state index is 12.3. The summed E-state index contributed by atoms with van der Waals surface area (Å²) in [7, 11) is 3.14. The molecule has 2 aromatic carbocycles. The monoisotopic (exact) mass is 370 g/mol. The molecule has 6 heteroatoms. The summed E-state index contributed by atoms with van der Waals surface area (Å²) in [6.07, 6.45) is 1.02. The SMILES string of the molecule is COc1cc(NC(=O)CCN2CC[C@](O)(c3ccccc3)C2)cc(OC)c1. The van der Waals surface area contributed by atoms with Crippen LogP contribution in [-0.4, -0.2) is 49.8 Å². The van der Waals surface area contributed by atoms with Crippen LogP contribution >= 0.6 is 0 Å². The van der Waals surface area contributed by atoms with E-state index in [1.807, 2.05) is 30.3 Å². The zero-order valence-corrected chi connectivity index (χ0v) is 15.8. The lowest BCUT2D eigenvalue weighted by Crippen LogP contribution is -2.32. The molecule has 3 rings (SSSR count). The van der Waals surface area contributed by atoms with Crippen LogP contribution in [0.5, 0.6) is 11.5 Å². The number of methoxy groups -OCH3 is 2. The summed E-state index contributed by atoms with van der Waals surface area (Å²) in [5, 5.41) is 13.8. The number of aliphatic hydroxyl groups is 1. The third-order valence-electron chi connectivity index (χ3n) is 4.93. The van der Waals surface area contributed by atoms with Crippen LogP contribution in [0.1, 0.15) is 18.4 Å². The molecule has 0 spiro atoms. The van der Waals surface area contributed by atoms with Gasteiger partial charge < -0.3 is 19.9 Å². The Kier molecular flexibility index (Phi) is 5.98. The number of rotatable bonds is 7. The van der Waals surface area contributed by atoms with E-state index in [0.717, 1.165) is 12.1 Å². The van der Waals surface area contributed by atoms with Gasteiger partial charge in [0.2, 0.25) is 5.91 Å². The van der Waals surface area contributed by atoms with Crippen LogP contribution in [0, 0.1) is 0 Å². The van der Waals surface area contributed by atoms with Gasteiger partial charge in [-0.05, 0) is 12.0 Å². The zero-order valence-electron chi connectivity index (χ0n) is 15.8. The summed E-state index contributed by atoms with van der Waals surface area (Å²) in [6.45, 7) is 1.91. The van der Waals surface area contributed by atoms with E-state index in [9.17, 15) is 9.90 Å². The second-order valence-electron chi connectivity index (χ2n) is 6.82. The Bertz CT molecular complexity index is 759. The number of hydrogen-bond donors (Lipinski definition) is 2. The van der Waals surface area contributed by atoms with Gasteiger partial charge in [0.15, 0.2) is 0 Å². The molecule has 1 fully saturated rings. The standard InChI is InChI=1S/C21H26N2O4/c1-26-18-12-17(13-19(14-18)27-2)22-20(24)8-10-23-11-9-21(25,15-23)16-6-4-3-5-7-16/h3-7,12-14,25H,8-11,15H2,1-2H3,(H,22,24)/t21-/m1/s1. The molecule has 0 saturated carbocycles. The summed E-state index contributed by atoms with van der Waals surface area (Å²) < 4.78 is 10.4. The van der Waals surface area contributed by atoms with E-state index in [1.54, 1.807) is 32.4 Å². The fraction of sp³-hybridized carbons (Fsp3) is 0.381. The quantitative estimate of drug-likeness (QED) is 0.784. The van der Waals surface area contributed by atoms with Gasteiger partial charge in [-0.2, -0.15) is 0 Å². The molecule has 0 aliphatic carbocycles. The maximum absolute atomic E-state index is 12.3. The van der Waals surface area contributed by atoms with E-state index in [2.05, 4.69) is 10.2 Å². The Labute approximate surface area is 159 Å². The number of hydrogen-bond acceptors (Lipinski definition) is 5. The molecule has 1 saturated heterocycles. The smallest absolute Gasteiger partial charge is 0.225 e. The van der Waals surface area contributed by atoms with Crippen molar-refractivity contribution >= 4 is 11.6 Å². The summed E-state index contributed by atoms with van der Waals surface area (Å²) in [5.41, 5.74) is 0.733. The molecule has 1 heterocycles. The van der Waals surface area contributed by atoms with Crippen molar-refractivity contribution in [2.45, 2.75) is 18.4 Å². The Morgan fingerprint density at radius 2 is 1.81 bits per heavy atom. The topological polar surface area (TPSA) is 71.0 Å². The van der Waals surface area contributed by atoms with Crippen molar-refractivity contribution in [3.63, 3.8) is 0 Å². The molecular weight excluding hydrogens is 344 g/mol. The number of nitrogens with zero attached hydrogens (tertiary/aromatic N) is 1. The third-order valence-corrected chi connectivity index (χ3v) is 4.93. The Morgan fingerprint density at radius 3 is 2.44 bits per heavy atom. The second-order valence-corrected chi connectivity index (χ2v) is 6.82. The minimum Gasteiger partial charge on any atom is -0.497 e. The van der Waals surface area contributed by atoms with Crippen molar-refractivity contribution in [3.8, 4) is 11.5 Å². The number of carbonyl (C=O) groups is 1. The molecule has 1 aliphatic rings. The lowest BCUT2D eigenvalue weighted by atomic mass is 9.93. The first-order valence-corrected chi connectivity index (χ1v) is 9.05. The highest BCUT2D eigenvalue weighted by molar-refractivity contribution is 5.91. The lowest BCUT2D eigenvalue weighted by Gasteiger charge is -2.24. The average molecular weight is 370 g/mol. The molecule has 1 atom stereocenters. The van der Waals surface area contributed by atoms with Gasteiger partial charge in [0.25, 0.3) is 0 Å². The first kappa shape index (κ1) is 19.2. The molecule has 1 aliphatic heterocycles. The molecule has 144 valence electrons. The highest BCUT2D eigenvalue weighted by atomic mass is 16.5. The molecular formula is C21H26N2O4. The predicted molar refractivity (Wildman–Crippen MR) is 104 cm³/mol. The first-order valence-electron chi connectivity index (χ1n) is 9.05. The van der Waals surface area contributed by atoms with Gasteiger partial charge in [-0.1, -0.05) is 30.3 Å². The van der Waals surface area contributed by atoms with E-state index >= 15 is 0 Å². The third kappa shape index (κ3) is 4.78. The number of benzene rings is 2. The van der Waals surface area contributed by atoms with Gasteiger partial charge in [0.05, 0.1) is 14.2 Å². The number of ether oxygens (including phenoxy) is 2. The summed E-state index contributed by atoms with van der Waals surface area (Å²) >= 11 is 0. The fourth-order valence-corrected chi connectivity index (χ4v) is 3.41. The molecule has 0 unspecified atom stereocenters. The highest BCUT2D eigenvalue weighted by Gasteiger charge is 2.37. The van der Waals surface area contributed by atoms with Gasteiger partial charge in [0.1, 0.15) is 17.1 Å². The van der Waals surface area contributed by atoms with Crippen molar-refractivity contribution in [3.05, 3.63) is 54.1 Å². The van der Waals surface area contributed by atoms with Crippen LogP contribution in [0.4, 0.5) is 5.69 Å². The largest absolute Gasteiger partial charge is 0.497 e. The normalized spacial score (nSPS) is 19.7. The summed E-state index contributed by atoms with van der Waals surface area (Å²) in [4.78, 5) is 14.4. The van der Waals surface area contributed by atoms with E-state index in [0.29, 0.717) is 43.1 Å². The van der Waals surface area contributed by atoms with Gasteiger partial charge in [-0.25, -0.2) is 0 Å². The van der Waals surface area contributed by atoms with Crippen LogP contribution in [0.3, 0.4) is 0 Å². The molecule has 2 N–H and O–H groups in total. The molecule has 27 heavy (non-hydrogen) atoms. The molecule has 6 nitrogen and oxygen atoms in total. The van der Waals surface area contributed by atoms with Crippen molar-refractivity contribution < 1.29 is 19.4 Å². The number of anilines is 1. The van der Waals surface area contributed by atoms with E-state index in [1.165, 1.54) is 0 Å². The molecule has 1 amide bonds. The van der Waals surface area contributed by atoms with Gasteiger partial charge >= 0.3 is 0 Å². The van der Waals surface area contributed by atoms with E-state index in [4.69, 9.17) is 9.47 Å². The van der Waals surface area contributed by atoms with Crippen molar-refractivity contribution in [1.82, 2.24) is 4.90 Å². The summed E-state index contributed by atoms with van der Waals surface area (Å²) in [5.74, 6) is 1.16. The molecule has 2 aromatic rings. The number of nitrogens with one attached hydrogen (secondary N) is 1. The van der Waals surface area contributed by atoms with E-state index < -0.39 is 5.60 Å². The molecule has 0 radical (unpaired) electrons. The van der Waals surface area contributed by atoms with Gasteiger partial charge in [-0.3, -0.25) is 9.69 Å². The van der Waals surface area contributed by atoms with Crippen LogP contribution in [0.15, 0.2) is 48.5 Å². The minimum absolute atomic E-state index is 0.0829. The first-order chi connectivity index (χ1) is 13.0. The van der Waals surface area contributed by atoms with Crippen LogP contribution in [0.2, 0.25) is 0 Å². The highest BCUT2D eigenvalue weighted by Crippen LogP contribution is 2.31. The second kappa shape index (κ2) is 8.41. The van der Waals surface area contributed by atoms with E-state index in [-0.39, 0.29) is 5.91 Å². The number of carbonyl (C=O) groups excluding carboxylic acids is 1. The van der Waals surface area contributed by atoms with Crippen molar-refractivity contribution in [2.75, 3.05) is 39.2 Å². The average Bonchev–Trinajstić information content (AvgIpc) is 3.09. The predicted octanol–water partition coefficient (Wildman–Crippen LogP) is 2.63. The van der Waals surface area contributed by atoms with Crippen molar-refractivity contribution in [1.29, 1.82) is 0 Å². The molecule has 0 bridgehead atoms. The Balaban J connectivity index is 1.53. The van der Waals surface area contributed by atoms with Crippen LogP contribution < -0.4 is 14.8 Å². The number of amides is 1. The summed E-state index contributed by atoms with van der Waals surface area (Å²) in [6, 6.07) is 15.0. The number of likely N-dealkylation sites (tertiary alicyclic amines) is 1. The Morgan fingerprint density at radius 1 is 1.15 bits per heavy atom. The zero-order chi connectivity index (χ0) is 19.3. The Hall–Kier alpha value is -2.57. The van der Waals surface area contributed by atoms with Crippen molar-refractivity contribution in [2.24, 2.45) is 0 Å². The minimum atomic E-state index is -0.835. The number of β-amino-alcohol motifs (C(OH)–C–C–N with tert-alkyl or cyclic N) is 1. The van der Waals surface area contributed by atoms with Gasteiger partial charge in [-0.15, -0.1) is 0 Å². The van der Waals surface area contributed by atoms with Crippen LogP contribution in [-0.2, 0) is 10.4 Å². The lowest BCUT2D eigenvalue weighted by molar-refractivity contribution is -0.116. The fourth-order valence-electron chi connectivity index (χ4n) is 3.41.